The van der Waals surface area contributed by atoms with E-state index in [1.807, 2.05) is 6.07 Å². The third-order valence-electron chi connectivity index (χ3n) is 3.46. The van der Waals surface area contributed by atoms with E-state index in [2.05, 4.69) is 9.97 Å². The Labute approximate surface area is 116 Å². The molecule has 20 heavy (non-hydrogen) atoms. The average molecular weight is 267 g/mol. The van der Waals surface area contributed by atoms with Crippen LogP contribution in [0.5, 0.6) is 0 Å². The minimum Gasteiger partial charge on any atom is -0.315 e. The van der Waals surface area contributed by atoms with Gasteiger partial charge in [0.2, 0.25) is 5.91 Å². The van der Waals surface area contributed by atoms with Crippen LogP contribution in [-0.2, 0) is 17.6 Å². The minimum absolute atomic E-state index is 0.00602. The fourth-order valence-corrected chi connectivity index (χ4v) is 2.33. The lowest BCUT2D eigenvalue weighted by molar-refractivity contribution is -0.117. The molecule has 0 saturated carbocycles. The summed E-state index contributed by atoms with van der Waals surface area (Å²) < 4.78 is 0. The zero-order chi connectivity index (χ0) is 14.1. The first kappa shape index (κ1) is 12.5. The fraction of sp³-hybridized carbons (Fsp3) is 0.200. The lowest BCUT2D eigenvalue weighted by atomic mass is 10.0. The van der Waals surface area contributed by atoms with Crippen LogP contribution >= 0.6 is 0 Å². The van der Waals surface area contributed by atoms with Gasteiger partial charge in [-0.05, 0) is 29.8 Å². The third-order valence-corrected chi connectivity index (χ3v) is 3.46. The minimum atomic E-state index is -0.00602. The number of Topliss-reactive ketones (excluding diaryl/α,β-unsaturated/α-hetero) is 1. The molecular weight excluding hydrogens is 254 g/mol. The molecule has 0 unspecified atom stereocenters. The molecule has 0 bridgehead atoms. The Bertz CT molecular complexity index is 683. The molecule has 0 aliphatic carbocycles. The van der Waals surface area contributed by atoms with Gasteiger partial charge in [-0.3, -0.25) is 9.59 Å². The molecule has 0 radical (unpaired) electrons. The summed E-state index contributed by atoms with van der Waals surface area (Å²) >= 11 is 0. The van der Waals surface area contributed by atoms with Gasteiger partial charge in [0.15, 0.2) is 5.78 Å². The van der Waals surface area contributed by atoms with Gasteiger partial charge in [0, 0.05) is 24.5 Å². The van der Waals surface area contributed by atoms with Crippen molar-refractivity contribution in [2.75, 3.05) is 11.9 Å². The molecule has 2 aromatic rings. The largest absolute Gasteiger partial charge is 0.315 e. The highest BCUT2D eigenvalue weighted by Gasteiger charge is 2.24. The summed E-state index contributed by atoms with van der Waals surface area (Å²) in [6, 6.07) is 7.12. The van der Waals surface area contributed by atoms with E-state index in [0.29, 0.717) is 17.7 Å². The van der Waals surface area contributed by atoms with Crippen LogP contribution in [-0.4, -0.2) is 28.7 Å². The van der Waals surface area contributed by atoms with E-state index in [9.17, 15) is 9.59 Å². The van der Waals surface area contributed by atoms with Gasteiger partial charge in [-0.2, -0.15) is 0 Å². The number of rotatable bonds is 3. The van der Waals surface area contributed by atoms with Gasteiger partial charge in [0.1, 0.15) is 6.33 Å². The lowest BCUT2D eigenvalue weighted by Crippen LogP contribution is -2.20. The molecule has 2 heterocycles. The summed E-state index contributed by atoms with van der Waals surface area (Å²) in [5.74, 6) is 0.0499. The van der Waals surface area contributed by atoms with Crippen molar-refractivity contribution in [3.05, 3.63) is 53.6 Å². The Morgan fingerprint density at radius 2 is 2.20 bits per heavy atom. The van der Waals surface area contributed by atoms with Gasteiger partial charge in [0.25, 0.3) is 0 Å². The van der Waals surface area contributed by atoms with Crippen LogP contribution in [0.25, 0.3) is 0 Å². The molecule has 3 rings (SSSR count). The van der Waals surface area contributed by atoms with Crippen LogP contribution in [0.1, 0.15) is 21.6 Å². The first-order valence-electron chi connectivity index (χ1n) is 6.33. The fourth-order valence-electron chi connectivity index (χ4n) is 2.33. The smallest absolute Gasteiger partial charge is 0.231 e. The number of amides is 1. The summed E-state index contributed by atoms with van der Waals surface area (Å²) in [5.41, 5.74) is 3.10. The average Bonchev–Trinajstić information content (AvgIpc) is 2.74. The van der Waals surface area contributed by atoms with E-state index in [1.165, 1.54) is 6.33 Å². The zero-order valence-corrected chi connectivity index (χ0v) is 11.0. The summed E-state index contributed by atoms with van der Waals surface area (Å²) in [6.07, 6.45) is 3.65. The number of nitrogens with zero attached hydrogens (tertiary/aromatic N) is 3. The molecule has 0 spiro atoms. The molecule has 0 saturated heterocycles. The maximum absolute atomic E-state index is 12.2. The second kappa shape index (κ2) is 4.85. The highest BCUT2D eigenvalue weighted by atomic mass is 16.2. The molecule has 1 aromatic carbocycles. The molecular formula is C15H13N3O2. The Balaban J connectivity index is 1.84. The summed E-state index contributed by atoms with van der Waals surface area (Å²) in [5, 5.41) is 0. The number of carbonyl (C=O) groups is 2. The summed E-state index contributed by atoms with van der Waals surface area (Å²) in [4.78, 5) is 33.3. The predicted octanol–water partition coefficient (Wildman–Crippen LogP) is 1.42. The van der Waals surface area contributed by atoms with Crippen LogP contribution in [0.15, 0.2) is 36.8 Å². The monoisotopic (exact) mass is 267 g/mol. The van der Waals surface area contributed by atoms with Crippen LogP contribution in [0.3, 0.4) is 0 Å². The van der Waals surface area contributed by atoms with Crippen molar-refractivity contribution in [2.45, 2.75) is 12.8 Å². The highest BCUT2D eigenvalue weighted by Crippen LogP contribution is 2.28. The maximum atomic E-state index is 12.2. The Morgan fingerprint density at radius 3 is 2.95 bits per heavy atom. The third kappa shape index (κ3) is 2.18. The highest BCUT2D eigenvalue weighted by molar-refractivity contribution is 6.03. The normalized spacial score (nSPS) is 13.4. The molecule has 5 heteroatoms. The molecule has 1 aliphatic rings. The van der Waals surface area contributed by atoms with Crippen molar-refractivity contribution in [1.82, 2.24) is 9.97 Å². The van der Waals surface area contributed by atoms with Crippen LogP contribution in [0.2, 0.25) is 0 Å². The van der Waals surface area contributed by atoms with E-state index >= 15 is 0 Å². The molecule has 100 valence electrons. The number of anilines is 1. The SMILES string of the molecule is CN1C(=O)Cc2cc(C(=O)Cc3ccncn3)ccc21. The first-order chi connectivity index (χ1) is 9.65. The number of benzene rings is 1. The number of aromatic nitrogens is 2. The van der Waals surface area contributed by atoms with Crippen molar-refractivity contribution in [3.8, 4) is 0 Å². The molecule has 1 aliphatic heterocycles. The number of fused-ring (bicyclic) bond motifs is 1. The molecule has 0 atom stereocenters. The Morgan fingerprint density at radius 1 is 1.35 bits per heavy atom. The number of ketones is 1. The molecule has 1 aromatic heterocycles. The number of hydrogen-bond acceptors (Lipinski definition) is 4. The molecule has 5 nitrogen and oxygen atoms in total. The van der Waals surface area contributed by atoms with Gasteiger partial charge < -0.3 is 4.90 Å². The first-order valence-corrected chi connectivity index (χ1v) is 6.33. The summed E-state index contributed by atoms with van der Waals surface area (Å²) in [7, 11) is 1.75. The molecule has 0 fully saturated rings. The van der Waals surface area contributed by atoms with Crippen molar-refractivity contribution >= 4 is 17.4 Å². The number of likely N-dealkylation sites (N-methyl/N-ethyl adjacent to an activating group) is 1. The van der Waals surface area contributed by atoms with Crippen LogP contribution in [0.4, 0.5) is 5.69 Å². The topological polar surface area (TPSA) is 63.2 Å². The van der Waals surface area contributed by atoms with Crippen molar-refractivity contribution in [2.24, 2.45) is 0 Å². The van der Waals surface area contributed by atoms with Gasteiger partial charge >= 0.3 is 0 Å². The van der Waals surface area contributed by atoms with Crippen molar-refractivity contribution < 1.29 is 9.59 Å². The standard InChI is InChI=1S/C15H13N3O2/c1-18-13-3-2-10(6-11(13)7-15(18)20)14(19)8-12-4-5-16-9-17-12/h2-6,9H,7-8H2,1H3. The van der Waals surface area contributed by atoms with Crippen molar-refractivity contribution in [3.63, 3.8) is 0 Å². The lowest BCUT2D eigenvalue weighted by Gasteiger charge is -2.10. The van der Waals surface area contributed by atoms with Gasteiger partial charge in [-0.15, -0.1) is 0 Å². The number of hydrogen-bond donors (Lipinski definition) is 0. The molecule has 1 amide bonds. The zero-order valence-electron chi connectivity index (χ0n) is 11.0. The quantitative estimate of drug-likeness (QED) is 0.789. The van der Waals surface area contributed by atoms with Gasteiger partial charge in [0.05, 0.1) is 18.5 Å². The second-order valence-corrected chi connectivity index (χ2v) is 4.77. The maximum Gasteiger partial charge on any atom is 0.231 e. The summed E-state index contributed by atoms with van der Waals surface area (Å²) in [6.45, 7) is 0. The van der Waals surface area contributed by atoms with Crippen LogP contribution < -0.4 is 4.90 Å². The Hall–Kier alpha value is -2.56. The van der Waals surface area contributed by atoms with E-state index in [4.69, 9.17) is 0 Å². The Kier molecular flexibility index (Phi) is 3.02. The van der Waals surface area contributed by atoms with E-state index in [-0.39, 0.29) is 18.1 Å². The number of carbonyl (C=O) groups excluding carboxylic acids is 2. The predicted molar refractivity (Wildman–Crippen MR) is 73.6 cm³/mol. The van der Waals surface area contributed by atoms with Crippen LogP contribution in [0, 0.1) is 0 Å². The second-order valence-electron chi connectivity index (χ2n) is 4.77. The van der Waals surface area contributed by atoms with E-state index < -0.39 is 0 Å². The van der Waals surface area contributed by atoms with Gasteiger partial charge in [-0.25, -0.2) is 9.97 Å². The van der Waals surface area contributed by atoms with E-state index in [1.54, 1.807) is 36.3 Å². The van der Waals surface area contributed by atoms with Gasteiger partial charge in [-0.1, -0.05) is 0 Å². The van der Waals surface area contributed by atoms with Crippen molar-refractivity contribution in [1.29, 1.82) is 0 Å². The van der Waals surface area contributed by atoms with E-state index in [0.717, 1.165) is 11.3 Å². The molecule has 0 N–H and O–H groups in total.